The molecule has 1 atom stereocenters. The molecule has 5 nitrogen and oxygen atoms in total. The molecular formula is C8H11N3O2. The first-order chi connectivity index (χ1) is 6.27. The van der Waals surface area contributed by atoms with Gasteiger partial charge >= 0.3 is 5.69 Å². The Morgan fingerprint density at radius 1 is 1.46 bits per heavy atom. The van der Waals surface area contributed by atoms with Crippen molar-refractivity contribution >= 4 is 5.91 Å². The molecule has 1 saturated heterocycles. The summed E-state index contributed by atoms with van der Waals surface area (Å²) in [6.07, 6.45) is 4.56. The van der Waals surface area contributed by atoms with E-state index in [2.05, 4.69) is 10.3 Å². The van der Waals surface area contributed by atoms with Crippen LogP contribution in [0.15, 0.2) is 17.2 Å². The zero-order chi connectivity index (χ0) is 9.26. The molecule has 0 saturated carbocycles. The summed E-state index contributed by atoms with van der Waals surface area (Å²) in [5.74, 6) is 0.0693. The lowest BCUT2D eigenvalue weighted by atomic mass is 10.1. The number of amides is 1. The summed E-state index contributed by atoms with van der Waals surface area (Å²) >= 11 is 0. The first-order valence-corrected chi connectivity index (χ1v) is 4.29. The molecule has 0 radical (unpaired) electrons. The average Bonchev–Trinajstić information content (AvgIpc) is 2.53. The average molecular weight is 181 g/mol. The third-order valence-electron chi connectivity index (χ3n) is 2.31. The molecule has 70 valence electrons. The van der Waals surface area contributed by atoms with E-state index >= 15 is 0 Å². The number of aromatic amines is 1. The number of nitrogens with zero attached hydrogens (tertiary/aromatic N) is 1. The smallest absolute Gasteiger partial charge is 0.325 e. The quantitative estimate of drug-likeness (QED) is 0.620. The molecular weight excluding hydrogens is 170 g/mol. The van der Waals surface area contributed by atoms with Crippen molar-refractivity contribution in [3.05, 3.63) is 22.9 Å². The summed E-state index contributed by atoms with van der Waals surface area (Å²) in [4.78, 5) is 24.6. The highest BCUT2D eigenvalue weighted by Gasteiger charge is 2.19. The molecule has 5 heteroatoms. The van der Waals surface area contributed by atoms with Gasteiger partial charge < -0.3 is 10.3 Å². The van der Waals surface area contributed by atoms with Gasteiger partial charge in [-0.15, -0.1) is 0 Å². The lowest BCUT2D eigenvalue weighted by Crippen LogP contribution is -2.38. The minimum absolute atomic E-state index is 0.0693. The molecule has 0 spiro atoms. The summed E-state index contributed by atoms with van der Waals surface area (Å²) < 4.78 is 1.62. The van der Waals surface area contributed by atoms with Gasteiger partial charge in [0, 0.05) is 25.4 Å². The summed E-state index contributed by atoms with van der Waals surface area (Å²) in [7, 11) is 0. The van der Waals surface area contributed by atoms with Crippen molar-refractivity contribution in [1.29, 1.82) is 0 Å². The van der Waals surface area contributed by atoms with Gasteiger partial charge in [-0.1, -0.05) is 0 Å². The van der Waals surface area contributed by atoms with E-state index < -0.39 is 0 Å². The SMILES string of the molecule is O=C1CCC(n2cc[nH]c2=O)CN1. The Kier molecular flexibility index (Phi) is 1.92. The van der Waals surface area contributed by atoms with Gasteiger partial charge in [-0.05, 0) is 6.42 Å². The van der Waals surface area contributed by atoms with Crippen LogP contribution >= 0.6 is 0 Å². The Bertz CT molecular complexity index is 355. The van der Waals surface area contributed by atoms with Crippen molar-refractivity contribution in [1.82, 2.24) is 14.9 Å². The molecule has 1 aliphatic rings. The molecule has 1 aromatic heterocycles. The van der Waals surface area contributed by atoms with E-state index in [1.54, 1.807) is 17.0 Å². The molecule has 1 fully saturated rings. The predicted molar refractivity (Wildman–Crippen MR) is 46.3 cm³/mol. The number of H-pyrrole nitrogens is 1. The van der Waals surface area contributed by atoms with Crippen molar-refractivity contribution in [2.45, 2.75) is 18.9 Å². The highest BCUT2D eigenvalue weighted by molar-refractivity contribution is 5.76. The Morgan fingerprint density at radius 2 is 2.31 bits per heavy atom. The lowest BCUT2D eigenvalue weighted by molar-refractivity contribution is -0.122. The van der Waals surface area contributed by atoms with Crippen molar-refractivity contribution < 1.29 is 4.79 Å². The van der Waals surface area contributed by atoms with Crippen LogP contribution in [0.3, 0.4) is 0 Å². The zero-order valence-corrected chi connectivity index (χ0v) is 7.12. The number of hydrogen-bond donors (Lipinski definition) is 2. The predicted octanol–water partition coefficient (Wildman–Crippen LogP) is -0.372. The van der Waals surface area contributed by atoms with Crippen molar-refractivity contribution in [2.75, 3.05) is 6.54 Å². The van der Waals surface area contributed by atoms with Gasteiger partial charge in [-0.2, -0.15) is 0 Å². The first-order valence-electron chi connectivity index (χ1n) is 4.29. The van der Waals surface area contributed by atoms with Crippen LogP contribution in [0.1, 0.15) is 18.9 Å². The van der Waals surface area contributed by atoms with Crippen molar-refractivity contribution in [3.8, 4) is 0 Å². The van der Waals surface area contributed by atoms with E-state index in [0.29, 0.717) is 13.0 Å². The standard InChI is InChI=1S/C8H11N3O2/c12-7-2-1-6(5-10-7)11-4-3-9-8(11)13/h3-4,6H,1-2,5H2,(H,9,13)(H,10,12). The molecule has 0 aliphatic carbocycles. The number of carbonyl (C=O) groups excluding carboxylic acids is 1. The Balaban J connectivity index is 2.15. The van der Waals surface area contributed by atoms with E-state index in [1.165, 1.54) is 0 Å². The summed E-state index contributed by atoms with van der Waals surface area (Å²) in [5.41, 5.74) is -0.110. The number of hydrogen-bond acceptors (Lipinski definition) is 2. The zero-order valence-electron chi connectivity index (χ0n) is 7.12. The largest absolute Gasteiger partial charge is 0.354 e. The normalized spacial score (nSPS) is 22.8. The molecule has 1 aliphatic heterocycles. The molecule has 1 aromatic rings. The first kappa shape index (κ1) is 8.10. The molecule has 0 aromatic carbocycles. The molecule has 2 rings (SSSR count). The summed E-state index contributed by atoms with van der Waals surface area (Å²) in [6.45, 7) is 0.552. The Morgan fingerprint density at radius 3 is 2.85 bits per heavy atom. The maximum Gasteiger partial charge on any atom is 0.325 e. The van der Waals surface area contributed by atoms with Crippen LogP contribution in [0.5, 0.6) is 0 Å². The fourth-order valence-corrected chi connectivity index (χ4v) is 1.58. The van der Waals surface area contributed by atoms with Crippen molar-refractivity contribution in [3.63, 3.8) is 0 Å². The monoisotopic (exact) mass is 181 g/mol. The van der Waals surface area contributed by atoms with Crippen LogP contribution in [-0.4, -0.2) is 22.0 Å². The molecule has 0 bridgehead atoms. The molecule has 13 heavy (non-hydrogen) atoms. The second-order valence-electron chi connectivity index (χ2n) is 3.17. The highest BCUT2D eigenvalue weighted by Crippen LogP contribution is 2.14. The number of aromatic nitrogens is 2. The molecule has 2 N–H and O–H groups in total. The number of piperidine rings is 1. The molecule has 1 unspecified atom stereocenters. The van der Waals surface area contributed by atoms with E-state index in [4.69, 9.17) is 0 Å². The minimum atomic E-state index is -0.110. The van der Waals surface area contributed by atoms with Crippen LogP contribution < -0.4 is 11.0 Å². The Hall–Kier alpha value is -1.52. The van der Waals surface area contributed by atoms with E-state index in [0.717, 1.165) is 6.42 Å². The maximum absolute atomic E-state index is 11.2. The fraction of sp³-hybridized carbons (Fsp3) is 0.500. The second kappa shape index (κ2) is 3.08. The summed E-state index contributed by atoms with van der Waals surface area (Å²) in [5, 5.41) is 2.74. The third kappa shape index (κ3) is 1.49. The van der Waals surface area contributed by atoms with Gasteiger partial charge in [-0.25, -0.2) is 4.79 Å². The number of rotatable bonds is 1. The van der Waals surface area contributed by atoms with E-state index in [-0.39, 0.29) is 17.6 Å². The van der Waals surface area contributed by atoms with Crippen LogP contribution in [0.25, 0.3) is 0 Å². The van der Waals surface area contributed by atoms with E-state index in [9.17, 15) is 9.59 Å². The van der Waals surface area contributed by atoms with Gasteiger partial charge in [0.15, 0.2) is 0 Å². The van der Waals surface area contributed by atoms with Crippen LogP contribution in [0, 0.1) is 0 Å². The van der Waals surface area contributed by atoms with Crippen LogP contribution in [-0.2, 0) is 4.79 Å². The van der Waals surface area contributed by atoms with Gasteiger partial charge in [0.25, 0.3) is 0 Å². The van der Waals surface area contributed by atoms with E-state index in [1.807, 2.05) is 0 Å². The Labute approximate surface area is 74.8 Å². The van der Waals surface area contributed by atoms with Gasteiger partial charge in [0.05, 0.1) is 6.04 Å². The summed E-state index contributed by atoms with van der Waals surface area (Å²) in [6, 6.07) is 0.108. The lowest BCUT2D eigenvalue weighted by Gasteiger charge is -2.22. The van der Waals surface area contributed by atoms with Crippen LogP contribution in [0.2, 0.25) is 0 Å². The van der Waals surface area contributed by atoms with Gasteiger partial charge in [-0.3, -0.25) is 9.36 Å². The minimum Gasteiger partial charge on any atom is -0.354 e. The van der Waals surface area contributed by atoms with Crippen molar-refractivity contribution in [2.24, 2.45) is 0 Å². The maximum atomic E-state index is 11.2. The number of carbonyl (C=O) groups is 1. The second-order valence-corrected chi connectivity index (χ2v) is 3.17. The fourth-order valence-electron chi connectivity index (χ4n) is 1.58. The molecule has 1 amide bonds. The molecule has 2 heterocycles. The van der Waals surface area contributed by atoms with Gasteiger partial charge in [0.2, 0.25) is 5.91 Å². The van der Waals surface area contributed by atoms with Crippen LogP contribution in [0.4, 0.5) is 0 Å². The van der Waals surface area contributed by atoms with Gasteiger partial charge in [0.1, 0.15) is 0 Å². The number of nitrogens with one attached hydrogen (secondary N) is 2. The highest BCUT2D eigenvalue weighted by atomic mass is 16.2. The number of imidazole rings is 1. The topological polar surface area (TPSA) is 66.9 Å². The third-order valence-corrected chi connectivity index (χ3v) is 2.31.